The number of rotatable bonds is 8. The molecule has 1 aromatic rings. The lowest BCUT2D eigenvalue weighted by Crippen LogP contribution is -2.16. The Bertz CT molecular complexity index is 334. The Balaban J connectivity index is 2.14. The number of thioether (sulfide) groups is 1. The van der Waals surface area contributed by atoms with E-state index in [2.05, 4.69) is 31.1 Å². The molecule has 0 aliphatic rings. The van der Waals surface area contributed by atoms with Crippen LogP contribution in [-0.4, -0.2) is 34.7 Å². The highest BCUT2D eigenvalue weighted by atomic mass is 32.2. The van der Waals surface area contributed by atoms with Crippen molar-refractivity contribution in [3.8, 4) is 0 Å². The average molecular weight is 288 g/mol. The first-order valence-corrected chi connectivity index (χ1v) is 8.35. The van der Waals surface area contributed by atoms with Gasteiger partial charge in [-0.2, -0.15) is 11.8 Å². The summed E-state index contributed by atoms with van der Waals surface area (Å²) in [6.45, 7) is 8.81. The molecule has 18 heavy (non-hydrogen) atoms. The molecule has 1 heterocycles. The summed E-state index contributed by atoms with van der Waals surface area (Å²) >= 11 is 3.69. The lowest BCUT2D eigenvalue weighted by atomic mass is 9.98. The monoisotopic (exact) mass is 288 g/mol. The maximum absolute atomic E-state index is 8.65. The lowest BCUT2D eigenvalue weighted by Gasteiger charge is -2.13. The lowest BCUT2D eigenvalue weighted by molar-refractivity contribution is 0.296. The predicted octanol–water partition coefficient (Wildman–Crippen LogP) is 2.65. The minimum atomic E-state index is 0.156. The smallest absolute Gasteiger partial charge is 0.0981 e. The van der Waals surface area contributed by atoms with Gasteiger partial charge in [0, 0.05) is 41.9 Å². The molecule has 0 aromatic carbocycles. The molecule has 0 atom stereocenters. The van der Waals surface area contributed by atoms with E-state index in [0.29, 0.717) is 6.61 Å². The third-order valence-electron chi connectivity index (χ3n) is 2.36. The van der Waals surface area contributed by atoms with Crippen molar-refractivity contribution in [2.24, 2.45) is 0 Å². The van der Waals surface area contributed by atoms with Crippen molar-refractivity contribution >= 4 is 23.1 Å². The minimum Gasteiger partial charge on any atom is -0.396 e. The first-order valence-electron chi connectivity index (χ1n) is 6.38. The quantitative estimate of drug-likeness (QED) is 0.722. The number of aliphatic hydroxyl groups is 1. The van der Waals surface area contributed by atoms with Crippen LogP contribution in [0.2, 0.25) is 0 Å². The van der Waals surface area contributed by atoms with E-state index >= 15 is 0 Å². The van der Waals surface area contributed by atoms with E-state index in [1.165, 1.54) is 9.88 Å². The highest BCUT2D eigenvalue weighted by molar-refractivity contribution is 7.99. The van der Waals surface area contributed by atoms with Gasteiger partial charge in [0.25, 0.3) is 0 Å². The minimum absolute atomic E-state index is 0.156. The number of nitrogens with one attached hydrogen (secondary N) is 1. The van der Waals surface area contributed by atoms with Gasteiger partial charge in [-0.3, -0.25) is 0 Å². The molecule has 104 valence electrons. The van der Waals surface area contributed by atoms with Gasteiger partial charge in [0.2, 0.25) is 0 Å². The topological polar surface area (TPSA) is 45.2 Å². The summed E-state index contributed by atoms with van der Waals surface area (Å²) in [5.74, 6) is 2.15. The van der Waals surface area contributed by atoms with Crippen LogP contribution in [0, 0.1) is 0 Å². The van der Waals surface area contributed by atoms with Crippen molar-refractivity contribution in [3.05, 3.63) is 16.1 Å². The van der Waals surface area contributed by atoms with Crippen LogP contribution in [0.1, 0.15) is 37.1 Å². The van der Waals surface area contributed by atoms with E-state index in [1.807, 2.05) is 18.0 Å². The van der Waals surface area contributed by atoms with E-state index < -0.39 is 0 Å². The summed E-state index contributed by atoms with van der Waals surface area (Å²) < 4.78 is 0. The number of hydrogen-bond acceptors (Lipinski definition) is 5. The molecule has 0 fully saturated rings. The molecule has 1 rings (SSSR count). The number of aromatic nitrogens is 1. The zero-order valence-electron chi connectivity index (χ0n) is 11.5. The molecule has 0 saturated heterocycles. The SMILES string of the molecule is CC(C)(C)c1ncc(CNCCSCCCO)s1. The molecule has 0 saturated carbocycles. The van der Waals surface area contributed by atoms with Crippen molar-refractivity contribution in [1.82, 2.24) is 10.3 Å². The Kier molecular flexibility index (Phi) is 7.22. The summed E-state index contributed by atoms with van der Waals surface area (Å²) in [7, 11) is 0. The summed E-state index contributed by atoms with van der Waals surface area (Å²) in [4.78, 5) is 5.78. The van der Waals surface area contributed by atoms with Crippen LogP contribution < -0.4 is 5.32 Å². The molecular formula is C13H24N2OS2. The average Bonchev–Trinajstić information content (AvgIpc) is 2.76. The molecule has 0 aliphatic heterocycles. The fourth-order valence-corrected chi connectivity index (χ4v) is 3.13. The third kappa shape index (κ3) is 6.18. The molecule has 1 aromatic heterocycles. The summed E-state index contributed by atoms with van der Waals surface area (Å²) in [6.07, 6.45) is 2.88. The molecule has 0 aliphatic carbocycles. The highest BCUT2D eigenvalue weighted by Gasteiger charge is 2.17. The molecule has 2 N–H and O–H groups in total. The normalized spacial score (nSPS) is 12.0. The fraction of sp³-hybridized carbons (Fsp3) is 0.769. The zero-order chi connectivity index (χ0) is 13.4. The molecule has 0 bridgehead atoms. The molecule has 0 radical (unpaired) electrons. The van der Waals surface area contributed by atoms with Crippen molar-refractivity contribution < 1.29 is 5.11 Å². The zero-order valence-corrected chi connectivity index (χ0v) is 13.2. The van der Waals surface area contributed by atoms with E-state index in [-0.39, 0.29) is 5.41 Å². The van der Waals surface area contributed by atoms with Gasteiger partial charge < -0.3 is 10.4 Å². The van der Waals surface area contributed by atoms with Gasteiger partial charge in [-0.05, 0) is 12.2 Å². The second-order valence-corrected chi connectivity index (χ2v) is 7.59. The van der Waals surface area contributed by atoms with Crippen LogP contribution in [0.3, 0.4) is 0 Å². The largest absolute Gasteiger partial charge is 0.396 e. The number of nitrogens with zero attached hydrogens (tertiary/aromatic N) is 1. The van der Waals surface area contributed by atoms with Gasteiger partial charge in [-0.1, -0.05) is 20.8 Å². The number of aliphatic hydroxyl groups excluding tert-OH is 1. The van der Waals surface area contributed by atoms with Gasteiger partial charge in [0.15, 0.2) is 0 Å². The molecule has 0 amide bonds. The van der Waals surface area contributed by atoms with Crippen LogP contribution in [0.15, 0.2) is 6.20 Å². The maximum Gasteiger partial charge on any atom is 0.0981 e. The van der Waals surface area contributed by atoms with Crippen LogP contribution in [0.25, 0.3) is 0 Å². The van der Waals surface area contributed by atoms with Gasteiger partial charge in [0.1, 0.15) is 0 Å². The van der Waals surface area contributed by atoms with Gasteiger partial charge >= 0.3 is 0 Å². The molecule has 0 spiro atoms. The summed E-state index contributed by atoms with van der Waals surface area (Å²) in [5, 5.41) is 13.3. The van der Waals surface area contributed by atoms with Crippen LogP contribution in [-0.2, 0) is 12.0 Å². The van der Waals surface area contributed by atoms with E-state index in [4.69, 9.17) is 5.11 Å². The van der Waals surface area contributed by atoms with Gasteiger partial charge in [-0.25, -0.2) is 4.98 Å². The van der Waals surface area contributed by atoms with Gasteiger partial charge in [0.05, 0.1) is 5.01 Å². The van der Waals surface area contributed by atoms with E-state index in [0.717, 1.165) is 31.0 Å². The van der Waals surface area contributed by atoms with Crippen molar-refractivity contribution in [3.63, 3.8) is 0 Å². The van der Waals surface area contributed by atoms with Crippen LogP contribution in [0.4, 0.5) is 0 Å². The van der Waals surface area contributed by atoms with Crippen LogP contribution in [0.5, 0.6) is 0 Å². The second-order valence-electron chi connectivity index (χ2n) is 5.25. The Labute approximate surface area is 118 Å². The fourth-order valence-electron chi connectivity index (χ4n) is 1.36. The molecular weight excluding hydrogens is 264 g/mol. The molecule has 5 heteroatoms. The van der Waals surface area contributed by atoms with Crippen LogP contribution >= 0.6 is 23.1 Å². The molecule has 3 nitrogen and oxygen atoms in total. The first kappa shape index (κ1) is 16.0. The van der Waals surface area contributed by atoms with Crippen molar-refractivity contribution in [2.45, 2.75) is 39.2 Å². The first-order chi connectivity index (χ1) is 8.54. The van der Waals surface area contributed by atoms with Crippen molar-refractivity contribution in [1.29, 1.82) is 0 Å². The Morgan fingerprint density at radius 1 is 1.39 bits per heavy atom. The standard InChI is InChI=1S/C13H24N2OS2/c1-13(2,3)12-15-10-11(18-12)9-14-5-8-17-7-4-6-16/h10,14,16H,4-9H2,1-3H3. The summed E-state index contributed by atoms with van der Waals surface area (Å²) in [6, 6.07) is 0. The van der Waals surface area contributed by atoms with E-state index in [1.54, 1.807) is 11.3 Å². The molecule has 0 unspecified atom stereocenters. The Morgan fingerprint density at radius 2 is 2.17 bits per heavy atom. The van der Waals surface area contributed by atoms with Gasteiger partial charge in [-0.15, -0.1) is 11.3 Å². The van der Waals surface area contributed by atoms with Crippen molar-refractivity contribution in [2.75, 3.05) is 24.7 Å². The van der Waals surface area contributed by atoms with E-state index in [9.17, 15) is 0 Å². The number of hydrogen-bond donors (Lipinski definition) is 2. The maximum atomic E-state index is 8.65. The predicted molar refractivity (Wildman–Crippen MR) is 81.5 cm³/mol. The third-order valence-corrected chi connectivity index (χ3v) is 4.86. The second kappa shape index (κ2) is 8.15. The highest BCUT2D eigenvalue weighted by Crippen LogP contribution is 2.26. The number of thiazole rings is 1. The Hall–Kier alpha value is -0.100. The summed E-state index contributed by atoms with van der Waals surface area (Å²) in [5.41, 5.74) is 0.156. The Morgan fingerprint density at radius 3 is 2.78 bits per heavy atom.